The van der Waals surface area contributed by atoms with Gasteiger partial charge in [-0.2, -0.15) is 4.31 Å². The maximum absolute atomic E-state index is 12.6. The van der Waals surface area contributed by atoms with Gasteiger partial charge in [-0.1, -0.05) is 20.8 Å². The molecule has 124 valence electrons. The second-order valence-electron chi connectivity index (χ2n) is 7.00. The molecule has 0 N–H and O–H groups in total. The molecule has 1 saturated heterocycles. The van der Waals surface area contributed by atoms with Gasteiger partial charge in [-0.05, 0) is 38.1 Å². The fraction of sp³-hybridized carbons (Fsp3) is 0.688. The van der Waals surface area contributed by atoms with E-state index in [1.165, 1.54) is 23.3 Å². The normalized spacial score (nSPS) is 17.3. The summed E-state index contributed by atoms with van der Waals surface area (Å²) in [5.74, 6) is 0. The van der Waals surface area contributed by atoms with Crippen LogP contribution < -0.4 is 0 Å². The summed E-state index contributed by atoms with van der Waals surface area (Å²) in [5, 5.41) is 0. The molecule has 0 amide bonds. The lowest BCUT2D eigenvalue weighted by molar-refractivity contribution is 0.310. The summed E-state index contributed by atoms with van der Waals surface area (Å²) in [6.45, 7) is 9.65. The molecule has 1 fully saturated rings. The number of sulfonamides is 1. The zero-order valence-electron chi connectivity index (χ0n) is 14.0. The predicted octanol–water partition coefficient (Wildman–Crippen LogP) is 2.10. The monoisotopic (exact) mass is 325 g/mol. The molecule has 5 nitrogen and oxygen atoms in total. The molecule has 2 heterocycles. The molecule has 22 heavy (non-hydrogen) atoms. The Morgan fingerprint density at radius 2 is 1.86 bits per heavy atom. The summed E-state index contributed by atoms with van der Waals surface area (Å²) in [5.41, 5.74) is 0.815. The number of hydrogen-bond acceptors (Lipinski definition) is 4. The van der Waals surface area contributed by atoms with Gasteiger partial charge in [0.2, 0.25) is 10.0 Å². The molecule has 1 aliphatic heterocycles. The van der Waals surface area contributed by atoms with E-state index in [4.69, 9.17) is 0 Å². The number of rotatable bonds is 5. The van der Waals surface area contributed by atoms with Gasteiger partial charge >= 0.3 is 0 Å². The first kappa shape index (κ1) is 17.4. The van der Waals surface area contributed by atoms with Crippen LogP contribution in [0.5, 0.6) is 0 Å². The van der Waals surface area contributed by atoms with E-state index < -0.39 is 10.0 Å². The van der Waals surface area contributed by atoms with E-state index in [1.54, 1.807) is 19.2 Å². The van der Waals surface area contributed by atoms with Crippen molar-refractivity contribution in [1.82, 2.24) is 14.2 Å². The lowest BCUT2D eigenvalue weighted by atomic mass is 9.92. The first-order valence-electron chi connectivity index (χ1n) is 7.86. The highest BCUT2D eigenvalue weighted by Crippen LogP contribution is 2.22. The van der Waals surface area contributed by atoms with Gasteiger partial charge in [0, 0.05) is 37.4 Å². The zero-order chi connectivity index (χ0) is 16.4. The van der Waals surface area contributed by atoms with Gasteiger partial charge in [0.1, 0.15) is 4.90 Å². The van der Waals surface area contributed by atoms with E-state index in [1.807, 2.05) is 0 Å². The molecule has 1 aromatic rings. The Balaban J connectivity index is 2.05. The number of hydrogen-bond donors (Lipinski definition) is 0. The van der Waals surface area contributed by atoms with Gasteiger partial charge in [-0.15, -0.1) is 0 Å². The third-order valence-corrected chi connectivity index (χ3v) is 5.98. The smallest absolute Gasteiger partial charge is 0.244 e. The van der Waals surface area contributed by atoms with Crippen molar-refractivity contribution >= 4 is 10.0 Å². The van der Waals surface area contributed by atoms with Crippen LogP contribution >= 0.6 is 0 Å². The van der Waals surface area contributed by atoms with E-state index >= 15 is 0 Å². The number of pyridine rings is 1. The van der Waals surface area contributed by atoms with Crippen LogP contribution in [0.1, 0.15) is 39.3 Å². The summed E-state index contributed by atoms with van der Waals surface area (Å²) in [7, 11) is -1.81. The molecule has 0 aliphatic carbocycles. The van der Waals surface area contributed by atoms with Gasteiger partial charge in [0.25, 0.3) is 0 Å². The number of likely N-dealkylation sites (tertiary alicyclic amines) is 1. The minimum Gasteiger partial charge on any atom is -0.302 e. The van der Waals surface area contributed by atoms with Crippen LogP contribution in [-0.4, -0.2) is 55.8 Å². The van der Waals surface area contributed by atoms with Gasteiger partial charge in [0.15, 0.2) is 0 Å². The molecule has 0 unspecified atom stereocenters. The molecule has 0 aromatic carbocycles. The van der Waals surface area contributed by atoms with Crippen molar-refractivity contribution < 1.29 is 8.42 Å². The van der Waals surface area contributed by atoms with Gasteiger partial charge in [-0.25, -0.2) is 8.42 Å². The van der Waals surface area contributed by atoms with Crippen LogP contribution in [0.4, 0.5) is 0 Å². The Morgan fingerprint density at radius 1 is 1.23 bits per heavy atom. The maximum atomic E-state index is 12.6. The van der Waals surface area contributed by atoms with Crippen LogP contribution in [0, 0.1) is 0 Å². The Bertz CT molecular complexity index is 585. The fourth-order valence-corrected chi connectivity index (χ4v) is 3.67. The molecular weight excluding hydrogens is 298 g/mol. The summed E-state index contributed by atoms with van der Waals surface area (Å²) < 4.78 is 26.6. The molecule has 0 spiro atoms. The number of nitrogens with zero attached hydrogens (tertiary/aromatic N) is 3. The van der Waals surface area contributed by atoms with E-state index in [0.29, 0.717) is 6.54 Å². The van der Waals surface area contributed by atoms with Crippen molar-refractivity contribution in [1.29, 1.82) is 0 Å². The van der Waals surface area contributed by atoms with Crippen molar-refractivity contribution in [2.24, 2.45) is 0 Å². The van der Waals surface area contributed by atoms with E-state index in [0.717, 1.165) is 25.3 Å². The van der Waals surface area contributed by atoms with E-state index in [-0.39, 0.29) is 10.3 Å². The summed E-state index contributed by atoms with van der Waals surface area (Å²) >= 11 is 0. The Labute approximate surface area is 134 Å². The fourth-order valence-electron chi connectivity index (χ4n) is 2.57. The maximum Gasteiger partial charge on any atom is 0.244 e. The SMILES string of the molecule is CN(CCN1CCCC1)S(=O)(=O)c1ccc(C(C)(C)C)nc1. The van der Waals surface area contributed by atoms with Gasteiger partial charge in [-0.3, -0.25) is 4.98 Å². The van der Waals surface area contributed by atoms with Crippen LogP contribution in [-0.2, 0) is 15.4 Å². The molecule has 0 bridgehead atoms. The Kier molecular flexibility index (Phi) is 5.25. The largest absolute Gasteiger partial charge is 0.302 e. The van der Waals surface area contributed by atoms with Crippen molar-refractivity contribution in [2.75, 3.05) is 33.2 Å². The summed E-state index contributed by atoms with van der Waals surface area (Å²) in [6.07, 6.45) is 3.91. The second-order valence-corrected chi connectivity index (χ2v) is 9.05. The van der Waals surface area contributed by atoms with Crippen LogP contribution in [0.2, 0.25) is 0 Å². The van der Waals surface area contributed by atoms with Crippen molar-refractivity contribution in [3.63, 3.8) is 0 Å². The predicted molar refractivity (Wildman–Crippen MR) is 88.4 cm³/mol. The highest BCUT2D eigenvalue weighted by Gasteiger charge is 2.23. The standard InChI is InChI=1S/C16H27N3O2S/c1-16(2,3)15-8-7-14(13-17-15)22(20,21)18(4)11-12-19-9-5-6-10-19/h7-8,13H,5-6,9-12H2,1-4H3. The highest BCUT2D eigenvalue weighted by atomic mass is 32.2. The Hall–Kier alpha value is -0.980. The van der Waals surface area contributed by atoms with E-state index in [2.05, 4.69) is 30.7 Å². The third-order valence-electron chi connectivity index (χ3n) is 4.14. The highest BCUT2D eigenvalue weighted by molar-refractivity contribution is 7.89. The van der Waals surface area contributed by atoms with Crippen molar-refractivity contribution in [3.05, 3.63) is 24.0 Å². The lowest BCUT2D eigenvalue weighted by Crippen LogP contribution is -2.35. The molecular formula is C16H27N3O2S. The molecule has 0 atom stereocenters. The van der Waals surface area contributed by atoms with Crippen molar-refractivity contribution in [2.45, 2.75) is 43.9 Å². The first-order valence-corrected chi connectivity index (χ1v) is 9.30. The minimum absolute atomic E-state index is 0.0794. The van der Waals surface area contributed by atoms with Crippen LogP contribution in [0.25, 0.3) is 0 Å². The molecule has 6 heteroatoms. The topological polar surface area (TPSA) is 53.5 Å². The molecule has 0 saturated carbocycles. The quantitative estimate of drug-likeness (QED) is 0.832. The minimum atomic E-state index is -3.45. The lowest BCUT2D eigenvalue weighted by Gasteiger charge is -2.22. The van der Waals surface area contributed by atoms with Gasteiger partial charge < -0.3 is 4.90 Å². The number of likely N-dealkylation sites (N-methyl/N-ethyl adjacent to an activating group) is 1. The zero-order valence-corrected chi connectivity index (χ0v) is 14.9. The average molecular weight is 325 g/mol. The van der Waals surface area contributed by atoms with Crippen LogP contribution in [0.3, 0.4) is 0 Å². The van der Waals surface area contributed by atoms with Gasteiger partial charge in [0.05, 0.1) is 0 Å². The molecule has 2 rings (SSSR count). The first-order chi connectivity index (χ1) is 10.2. The summed E-state index contributed by atoms with van der Waals surface area (Å²) in [4.78, 5) is 6.90. The second kappa shape index (κ2) is 6.64. The Morgan fingerprint density at radius 3 is 2.36 bits per heavy atom. The summed E-state index contributed by atoms with van der Waals surface area (Å²) in [6, 6.07) is 3.47. The van der Waals surface area contributed by atoms with E-state index in [9.17, 15) is 8.42 Å². The molecule has 1 aliphatic rings. The molecule has 0 radical (unpaired) electrons. The van der Waals surface area contributed by atoms with Crippen LogP contribution in [0.15, 0.2) is 23.2 Å². The van der Waals surface area contributed by atoms with Crippen molar-refractivity contribution in [3.8, 4) is 0 Å². The third kappa shape index (κ3) is 4.06. The number of aromatic nitrogens is 1. The molecule has 1 aromatic heterocycles. The average Bonchev–Trinajstić information content (AvgIpc) is 2.97.